The van der Waals surface area contributed by atoms with Crippen molar-refractivity contribution in [1.29, 1.82) is 0 Å². The number of aliphatic hydroxyl groups is 1. The van der Waals surface area contributed by atoms with Crippen molar-refractivity contribution in [3.63, 3.8) is 0 Å². The minimum absolute atomic E-state index is 0.00525. The molecule has 13 heteroatoms. The van der Waals surface area contributed by atoms with Crippen molar-refractivity contribution in [2.75, 3.05) is 59.9 Å². The maximum absolute atomic E-state index is 13.7. The van der Waals surface area contributed by atoms with Crippen LogP contribution in [0, 0.1) is 12.3 Å². The molecule has 0 saturated carbocycles. The van der Waals surface area contributed by atoms with Crippen LogP contribution in [0.3, 0.4) is 0 Å². The molecule has 12 nitrogen and oxygen atoms in total. The van der Waals surface area contributed by atoms with Crippen molar-refractivity contribution in [3.05, 3.63) is 41.0 Å². The summed E-state index contributed by atoms with van der Waals surface area (Å²) in [7, 11) is 1.60. The molecular formula is C31H46N4O8S. The smallest absolute Gasteiger partial charge is 0.246 e. The number of thiazole rings is 1. The molecule has 1 unspecified atom stereocenters. The zero-order chi connectivity index (χ0) is 32.1. The van der Waals surface area contributed by atoms with Crippen LogP contribution in [0.2, 0.25) is 0 Å². The molecule has 0 bridgehead atoms. The lowest BCUT2D eigenvalue weighted by molar-refractivity contribution is -0.144. The van der Waals surface area contributed by atoms with E-state index in [-0.39, 0.29) is 38.6 Å². The van der Waals surface area contributed by atoms with Crippen molar-refractivity contribution in [2.45, 2.75) is 58.8 Å². The third-order valence-corrected chi connectivity index (χ3v) is 8.10. The number of carbonyl (C=O) groups is 3. The Labute approximate surface area is 263 Å². The van der Waals surface area contributed by atoms with Crippen LogP contribution in [-0.4, -0.2) is 111 Å². The molecule has 0 aliphatic carbocycles. The SMILES string of the molecule is COCCOCCOCCOCC(=O)NC(C(=O)N1C[C@H](O)C[C@H]1C(=O)NCc1ccc(-c2scnc2C)cc1)C(C)(C)C. The van der Waals surface area contributed by atoms with Crippen molar-refractivity contribution in [2.24, 2.45) is 5.41 Å². The second-order valence-electron chi connectivity index (χ2n) is 11.7. The average Bonchev–Trinajstić information content (AvgIpc) is 3.60. The zero-order valence-corrected chi connectivity index (χ0v) is 27.1. The van der Waals surface area contributed by atoms with E-state index in [0.717, 1.165) is 21.7 Å². The molecular weight excluding hydrogens is 588 g/mol. The Balaban J connectivity index is 1.49. The number of amides is 3. The molecule has 3 N–H and O–H groups in total. The van der Waals surface area contributed by atoms with E-state index in [1.54, 1.807) is 18.4 Å². The van der Waals surface area contributed by atoms with E-state index in [2.05, 4.69) is 15.6 Å². The van der Waals surface area contributed by atoms with Gasteiger partial charge in [0.1, 0.15) is 18.7 Å². The molecule has 2 aromatic rings. The van der Waals surface area contributed by atoms with Crippen molar-refractivity contribution >= 4 is 29.1 Å². The molecule has 3 rings (SSSR count). The van der Waals surface area contributed by atoms with Gasteiger partial charge in [-0.25, -0.2) is 4.98 Å². The molecule has 1 aromatic heterocycles. The van der Waals surface area contributed by atoms with E-state index in [4.69, 9.17) is 18.9 Å². The van der Waals surface area contributed by atoms with E-state index < -0.39 is 35.4 Å². The minimum atomic E-state index is -0.928. The number of aliphatic hydroxyl groups excluding tert-OH is 1. The molecule has 1 fully saturated rings. The lowest BCUT2D eigenvalue weighted by atomic mass is 9.85. The Bertz CT molecular complexity index is 1200. The Morgan fingerprint density at radius 2 is 1.68 bits per heavy atom. The third kappa shape index (κ3) is 10.9. The van der Waals surface area contributed by atoms with E-state index in [1.165, 1.54) is 4.90 Å². The highest BCUT2D eigenvalue weighted by Crippen LogP contribution is 2.28. The van der Waals surface area contributed by atoms with Gasteiger partial charge in [0.15, 0.2) is 0 Å². The highest BCUT2D eigenvalue weighted by atomic mass is 32.1. The molecule has 44 heavy (non-hydrogen) atoms. The summed E-state index contributed by atoms with van der Waals surface area (Å²) in [4.78, 5) is 46.4. The molecule has 1 aliphatic rings. The van der Waals surface area contributed by atoms with Gasteiger partial charge in [-0.2, -0.15) is 0 Å². The number of likely N-dealkylation sites (tertiary alicyclic amines) is 1. The standard InChI is InChI=1S/C31H46N4O8S/c1-21-27(44-20-33-21)23-8-6-22(7-9-23)17-32-29(38)25-16-24(36)18-35(25)30(39)28(31(2,3)4)34-26(37)19-43-15-14-42-13-12-41-11-10-40-5/h6-9,20,24-25,28,36H,10-19H2,1-5H3,(H,32,38)(H,34,37)/t24-,25+,28?/m1/s1. The summed E-state index contributed by atoms with van der Waals surface area (Å²) in [6.07, 6.45) is -0.728. The van der Waals surface area contributed by atoms with E-state index in [9.17, 15) is 19.5 Å². The number of nitrogens with zero attached hydrogens (tertiary/aromatic N) is 2. The molecule has 1 saturated heterocycles. The molecule has 3 atom stereocenters. The second-order valence-corrected chi connectivity index (χ2v) is 12.6. The first-order valence-corrected chi connectivity index (χ1v) is 15.7. The average molecular weight is 635 g/mol. The number of carbonyl (C=O) groups excluding carboxylic acids is 3. The summed E-state index contributed by atoms with van der Waals surface area (Å²) in [5.74, 6) is -1.24. The monoisotopic (exact) mass is 634 g/mol. The highest BCUT2D eigenvalue weighted by molar-refractivity contribution is 7.13. The number of hydrogen-bond donors (Lipinski definition) is 3. The molecule has 0 spiro atoms. The minimum Gasteiger partial charge on any atom is -0.391 e. The van der Waals surface area contributed by atoms with E-state index >= 15 is 0 Å². The number of methoxy groups -OCH3 is 1. The van der Waals surface area contributed by atoms with Crippen LogP contribution in [0.1, 0.15) is 38.4 Å². The van der Waals surface area contributed by atoms with Gasteiger partial charge < -0.3 is 39.6 Å². The number of aryl methyl sites for hydroxylation is 1. The van der Waals surface area contributed by atoms with Gasteiger partial charge in [0.25, 0.3) is 0 Å². The summed E-state index contributed by atoms with van der Waals surface area (Å²) >= 11 is 1.58. The molecule has 3 amide bonds. The largest absolute Gasteiger partial charge is 0.391 e. The highest BCUT2D eigenvalue weighted by Gasteiger charge is 2.44. The van der Waals surface area contributed by atoms with Gasteiger partial charge in [0, 0.05) is 26.6 Å². The van der Waals surface area contributed by atoms with Crippen LogP contribution in [-0.2, 0) is 39.9 Å². The van der Waals surface area contributed by atoms with Crippen LogP contribution in [0.15, 0.2) is 29.8 Å². The van der Waals surface area contributed by atoms with E-state index in [1.807, 2.05) is 57.5 Å². The van der Waals surface area contributed by atoms with E-state index in [0.29, 0.717) is 33.0 Å². The van der Waals surface area contributed by atoms with Crippen molar-refractivity contribution in [1.82, 2.24) is 20.5 Å². The van der Waals surface area contributed by atoms with Crippen LogP contribution in [0.25, 0.3) is 10.4 Å². The Hall–Kier alpha value is -2.94. The number of β-amino-alcohol motifs (C(OH)–C–C–N with tert-alkyl or cyclic N) is 1. The predicted octanol–water partition coefficient (Wildman–Crippen LogP) is 1.92. The normalized spacial score (nSPS) is 17.5. The molecule has 2 heterocycles. The Morgan fingerprint density at radius 1 is 1.05 bits per heavy atom. The van der Waals surface area contributed by atoms with Crippen molar-refractivity contribution < 1.29 is 38.4 Å². The number of aromatic nitrogens is 1. The van der Waals surface area contributed by atoms with Gasteiger partial charge in [0.2, 0.25) is 17.7 Å². The summed E-state index contributed by atoms with van der Waals surface area (Å²) in [5.41, 5.74) is 4.09. The molecule has 0 radical (unpaired) electrons. The Morgan fingerprint density at radius 3 is 2.27 bits per heavy atom. The number of rotatable bonds is 17. The summed E-state index contributed by atoms with van der Waals surface area (Å²) in [5, 5.41) is 16.1. The lowest BCUT2D eigenvalue weighted by Gasteiger charge is -2.35. The lowest BCUT2D eigenvalue weighted by Crippen LogP contribution is -2.58. The van der Waals surface area contributed by atoms with Crippen LogP contribution in [0.5, 0.6) is 0 Å². The molecule has 244 valence electrons. The fourth-order valence-corrected chi connectivity index (χ4v) is 5.54. The number of ether oxygens (including phenoxy) is 4. The Kier molecular flexibility index (Phi) is 14.2. The summed E-state index contributed by atoms with van der Waals surface area (Å²) < 4.78 is 21.0. The van der Waals surface area contributed by atoms with Crippen LogP contribution < -0.4 is 10.6 Å². The number of benzene rings is 1. The first-order chi connectivity index (χ1) is 21.0. The van der Waals surface area contributed by atoms with Crippen LogP contribution >= 0.6 is 11.3 Å². The quantitative estimate of drug-likeness (QED) is 0.222. The summed E-state index contributed by atoms with van der Waals surface area (Å²) in [6, 6.07) is 6.09. The number of hydrogen-bond acceptors (Lipinski definition) is 10. The van der Waals surface area contributed by atoms with Crippen molar-refractivity contribution in [3.8, 4) is 10.4 Å². The summed E-state index contributed by atoms with van der Waals surface area (Å²) in [6.45, 7) is 9.84. The fraction of sp³-hybridized carbons (Fsp3) is 0.613. The van der Waals surface area contributed by atoms with Gasteiger partial charge in [-0.1, -0.05) is 45.0 Å². The number of nitrogens with one attached hydrogen (secondary N) is 2. The van der Waals surface area contributed by atoms with Gasteiger partial charge in [0.05, 0.1) is 61.8 Å². The zero-order valence-electron chi connectivity index (χ0n) is 26.3. The molecule has 1 aromatic carbocycles. The topological polar surface area (TPSA) is 149 Å². The maximum atomic E-state index is 13.7. The molecule has 1 aliphatic heterocycles. The second kappa shape index (κ2) is 17.5. The van der Waals surface area contributed by atoms with Gasteiger partial charge >= 0.3 is 0 Å². The maximum Gasteiger partial charge on any atom is 0.246 e. The van der Waals surface area contributed by atoms with Gasteiger partial charge in [-0.05, 0) is 23.5 Å². The van der Waals surface area contributed by atoms with Crippen LogP contribution in [0.4, 0.5) is 0 Å². The van der Waals surface area contributed by atoms with Gasteiger partial charge in [-0.3, -0.25) is 14.4 Å². The van der Waals surface area contributed by atoms with Gasteiger partial charge in [-0.15, -0.1) is 11.3 Å². The first-order valence-electron chi connectivity index (χ1n) is 14.8. The predicted molar refractivity (Wildman–Crippen MR) is 166 cm³/mol. The fourth-order valence-electron chi connectivity index (χ4n) is 4.73. The third-order valence-electron chi connectivity index (χ3n) is 7.12. The first kappa shape index (κ1) is 35.5.